The zero-order valence-corrected chi connectivity index (χ0v) is 9.09. The lowest BCUT2D eigenvalue weighted by Gasteiger charge is -2.25. The van der Waals surface area contributed by atoms with Gasteiger partial charge in [-0.3, -0.25) is 0 Å². The van der Waals surface area contributed by atoms with E-state index in [0.717, 1.165) is 24.7 Å². The van der Waals surface area contributed by atoms with Crippen LogP contribution < -0.4 is 0 Å². The van der Waals surface area contributed by atoms with Gasteiger partial charge >= 0.3 is 0 Å². The van der Waals surface area contributed by atoms with Crippen LogP contribution in [0.15, 0.2) is 11.6 Å². The van der Waals surface area contributed by atoms with Crippen molar-refractivity contribution < 1.29 is 5.11 Å². The molecular weight excluding hydrogens is 160 g/mol. The first-order valence-electron chi connectivity index (χ1n) is 5.46. The molecule has 0 saturated heterocycles. The number of aliphatic hydroxyl groups is 1. The SMILES string of the molecule is CC1=CC(C)CCC1CCC(C)O. The summed E-state index contributed by atoms with van der Waals surface area (Å²) in [5.41, 5.74) is 1.54. The van der Waals surface area contributed by atoms with Crippen LogP contribution in [0.2, 0.25) is 0 Å². The molecule has 0 spiro atoms. The highest BCUT2D eigenvalue weighted by atomic mass is 16.3. The number of rotatable bonds is 3. The molecule has 0 radical (unpaired) electrons. The van der Waals surface area contributed by atoms with Gasteiger partial charge in [0.15, 0.2) is 0 Å². The summed E-state index contributed by atoms with van der Waals surface area (Å²) < 4.78 is 0. The lowest BCUT2D eigenvalue weighted by molar-refractivity contribution is 0.174. The second-order valence-corrected chi connectivity index (χ2v) is 4.59. The van der Waals surface area contributed by atoms with Gasteiger partial charge in [-0.05, 0) is 51.4 Å². The van der Waals surface area contributed by atoms with Crippen molar-refractivity contribution in [3.05, 3.63) is 11.6 Å². The summed E-state index contributed by atoms with van der Waals surface area (Å²) >= 11 is 0. The van der Waals surface area contributed by atoms with E-state index in [1.807, 2.05) is 6.92 Å². The van der Waals surface area contributed by atoms with Gasteiger partial charge in [-0.1, -0.05) is 18.6 Å². The van der Waals surface area contributed by atoms with Crippen LogP contribution in [0.1, 0.15) is 46.5 Å². The molecule has 0 amide bonds. The molecule has 76 valence electrons. The Labute approximate surface area is 81.9 Å². The zero-order chi connectivity index (χ0) is 9.84. The Bertz CT molecular complexity index is 182. The summed E-state index contributed by atoms with van der Waals surface area (Å²) in [6, 6.07) is 0. The van der Waals surface area contributed by atoms with E-state index in [4.69, 9.17) is 0 Å². The maximum Gasteiger partial charge on any atom is 0.0512 e. The molecule has 1 heteroatoms. The van der Waals surface area contributed by atoms with Crippen molar-refractivity contribution in [2.45, 2.75) is 52.6 Å². The highest BCUT2D eigenvalue weighted by Gasteiger charge is 2.17. The largest absolute Gasteiger partial charge is 0.393 e. The summed E-state index contributed by atoms with van der Waals surface area (Å²) in [6.45, 7) is 6.40. The predicted octanol–water partition coefficient (Wildman–Crippen LogP) is 3.14. The van der Waals surface area contributed by atoms with Gasteiger partial charge in [0.05, 0.1) is 6.10 Å². The van der Waals surface area contributed by atoms with Crippen LogP contribution in [0.4, 0.5) is 0 Å². The van der Waals surface area contributed by atoms with Crippen LogP contribution in [0.3, 0.4) is 0 Å². The summed E-state index contributed by atoms with van der Waals surface area (Å²) in [6.07, 6.45) is 7.01. The minimum Gasteiger partial charge on any atom is -0.393 e. The third-order valence-electron chi connectivity index (χ3n) is 3.09. The van der Waals surface area contributed by atoms with Crippen molar-refractivity contribution in [3.63, 3.8) is 0 Å². The van der Waals surface area contributed by atoms with Gasteiger partial charge < -0.3 is 5.11 Å². The van der Waals surface area contributed by atoms with Crippen molar-refractivity contribution in [3.8, 4) is 0 Å². The Morgan fingerprint density at radius 2 is 2.23 bits per heavy atom. The smallest absolute Gasteiger partial charge is 0.0512 e. The molecule has 0 heterocycles. The average Bonchev–Trinajstić information content (AvgIpc) is 2.02. The van der Waals surface area contributed by atoms with E-state index >= 15 is 0 Å². The molecule has 1 nitrogen and oxygen atoms in total. The minimum atomic E-state index is -0.132. The summed E-state index contributed by atoms with van der Waals surface area (Å²) in [5, 5.41) is 9.20. The van der Waals surface area contributed by atoms with Crippen LogP contribution in [0, 0.1) is 11.8 Å². The predicted molar refractivity (Wildman–Crippen MR) is 56.6 cm³/mol. The van der Waals surface area contributed by atoms with Crippen LogP contribution in [0.5, 0.6) is 0 Å². The molecular formula is C12H22O. The second-order valence-electron chi connectivity index (χ2n) is 4.59. The van der Waals surface area contributed by atoms with E-state index in [1.165, 1.54) is 12.8 Å². The Balaban J connectivity index is 2.38. The molecule has 13 heavy (non-hydrogen) atoms. The first kappa shape index (κ1) is 10.8. The van der Waals surface area contributed by atoms with Gasteiger partial charge in [-0.2, -0.15) is 0 Å². The van der Waals surface area contributed by atoms with Gasteiger partial charge in [-0.15, -0.1) is 0 Å². The van der Waals surface area contributed by atoms with E-state index in [9.17, 15) is 5.11 Å². The summed E-state index contributed by atoms with van der Waals surface area (Å²) in [7, 11) is 0. The molecule has 3 unspecified atom stereocenters. The quantitative estimate of drug-likeness (QED) is 0.665. The molecule has 0 aromatic carbocycles. The fourth-order valence-corrected chi connectivity index (χ4v) is 2.17. The molecule has 0 aromatic rings. The van der Waals surface area contributed by atoms with Crippen molar-refractivity contribution in [1.29, 1.82) is 0 Å². The Kier molecular flexibility index (Phi) is 3.98. The van der Waals surface area contributed by atoms with E-state index in [0.29, 0.717) is 0 Å². The number of hydrogen-bond donors (Lipinski definition) is 1. The standard InChI is InChI=1S/C12H22O/c1-9-4-6-12(10(2)8-9)7-5-11(3)13/h8-9,11-13H,4-7H2,1-3H3. The van der Waals surface area contributed by atoms with Gasteiger partial charge in [-0.25, -0.2) is 0 Å². The fourth-order valence-electron chi connectivity index (χ4n) is 2.17. The summed E-state index contributed by atoms with van der Waals surface area (Å²) in [5.74, 6) is 1.51. The molecule has 0 bridgehead atoms. The maximum absolute atomic E-state index is 9.20. The summed E-state index contributed by atoms with van der Waals surface area (Å²) in [4.78, 5) is 0. The first-order valence-corrected chi connectivity index (χ1v) is 5.46. The third-order valence-corrected chi connectivity index (χ3v) is 3.09. The third kappa shape index (κ3) is 3.51. The zero-order valence-electron chi connectivity index (χ0n) is 9.09. The average molecular weight is 182 g/mol. The van der Waals surface area contributed by atoms with E-state index in [-0.39, 0.29) is 6.10 Å². The number of aliphatic hydroxyl groups excluding tert-OH is 1. The van der Waals surface area contributed by atoms with E-state index in [2.05, 4.69) is 19.9 Å². The molecule has 0 aliphatic heterocycles. The lowest BCUT2D eigenvalue weighted by Crippen LogP contribution is -2.13. The normalized spacial score (nSPS) is 31.2. The molecule has 0 aromatic heterocycles. The molecule has 1 aliphatic rings. The minimum absolute atomic E-state index is 0.132. The number of hydrogen-bond acceptors (Lipinski definition) is 1. The van der Waals surface area contributed by atoms with Crippen LogP contribution in [-0.4, -0.2) is 11.2 Å². The van der Waals surface area contributed by atoms with E-state index in [1.54, 1.807) is 5.57 Å². The molecule has 3 atom stereocenters. The van der Waals surface area contributed by atoms with Crippen molar-refractivity contribution in [2.75, 3.05) is 0 Å². The molecule has 0 saturated carbocycles. The molecule has 1 N–H and O–H groups in total. The second kappa shape index (κ2) is 4.80. The van der Waals surface area contributed by atoms with Crippen molar-refractivity contribution in [1.82, 2.24) is 0 Å². The van der Waals surface area contributed by atoms with Gasteiger partial charge in [0.2, 0.25) is 0 Å². The lowest BCUT2D eigenvalue weighted by atomic mass is 9.81. The van der Waals surface area contributed by atoms with Crippen molar-refractivity contribution >= 4 is 0 Å². The monoisotopic (exact) mass is 182 g/mol. The topological polar surface area (TPSA) is 20.2 Å². The Morgan fingerprint density at radius 1 is 1.54 bits per heavy atom. The highest BCUT2D eigenvalue weighted by Crippen LogP contribution is 2.31. The fraction of sp³-hybridized carbons (Fsp3) is 0.833. The Morgan fingerprint density at radius 3 is 2.77 bits per heavy atom. The number of allylic oxidation sites excluding steroid dienone is 2. The molecule has 1 aliphatic carbocycles. The first-order chi connectivity index (χ1) is 6.09. The molecule has 0 fully saturated rings. The van der Waals surface area contributed by atoms with E-state index < -0.39 is 0 Å². The van der Waals surface area contributed by atoms with Crippen LogP contribution >= 0.6 is 0 Å². The van der Waals surface area contributed by atoms with Crippen LogP contribution in [0.25, 0.3) is 0 Å². The van der Waals surface area contributed by atoms with Gasteiger partial charge in [0.25, 0.3) is 0 Å². The maximum atomic E-state index is 9.20. The molecule has 1 rings (SSSR count). The highest BCUT2D eigenvalue weighted by molar-refractivity contribution is 5.08. The van der Waals surface area contributed by atoms with Gasteiger partial charge in [0.1, 0.15) is 0 Å². The van der Waals surface area contributed by atoms with Crippen molar-refractivity contribution in [2.24, 2.45) is 11.8 Å². The van der Waals surface area contributed by atoms with Crippen LogP contribution in [-0.2, 0) is 0 Å². The Hall–Kier alpha value is -0.300. The van der Waals surface area contributed by atoms with Gasteiger partial charge in [0, 0.05) is 0 Å².